The van der Waals surface area contributed by atoms with Gasteiger partial charge in [-0.2, -0.15) is 17.5 Å². The van der Waals surface area contributed by atoms with Crippen molar-refractivity contribution in [2.45, 2.75) is 55.8 Å². The summed E-state index contributed by atoms with van der Waals surface area (Å²) in [4.78, 5) is -0.0788. The Morgan fingerprint density at radius 1 is 1.19 bits per heavy atom. The highest BCUT2D eigenvalue weighted by molar-refractivity contribution is 7.89. The minimum atomic E-state index is -4.49. The van der Waals surface area contributed by atoms with E-state index in [-0.39, 0.29) is 22.9 Å². The first kappa shape index (κ1) is 18.7. The lowest BCUT2D eigenvalue weighted by Crippen LogP contribution is -2.47. The van der Waals surface area contributed by atoms with Crippen molar-refractivity contribution in [2.75, 3.05) is 0 Å². The normalized spacial score (nSPS) is 30.9. The van der Waals surface area contributed by atoms with Crippen LogP contribution in [0.1, 0.15) is 38.2 Å². The number of hydrogen-bond acceptors (Lipinski definition) is 2. The standard InChI is InChI=1S/C20H22F3NO2S/c1-3-17-12(2)10-15-11-18(13-4-5-13)19(17)24(15)27(25,26)16-8-6-14(7-9-16)20(21,22)23/h3,6-9,13,15,18-19H,2,4-5,10-11H2,1H3. The fraction of sp³-hybridized carbons (Fsp3) is 0.500. The number of sulfonamides is 1. The Hall–Kier alpha value is -1.60. The largest absolute Gasteiger partial charge is 0.416 e. The molecule has 3 atom stereocenters. The molecule has 7 heteroatoms. The Morgan fingerprint density at radius 2 is 1.81 bits per heavy atom. The fourth-order valence-corrected chi connectivity index (χ4v) is 6.59. The molecule has 2 aliphatic heterocycles. The zero-order chi connectivity index (χ0) is 19.6. The zero-order valence-corrected chi connectivity index (χ0v) is 15.9. The highest BCUT2D eigenvalue weighted by atomic mass is 32.2. The van der Waals surface area contributed by atoms with Gasteiger partial charge in [0.15, 0.2) is 0 Å². The van der Waals surface area contributed by atoms with Crippen LogP contribution in [0.15, 0.2) is 53.0 Å². The highest BCUT2D eigenvalue weighted by Crippen LogP contribution is 2.54. The van der Waals surface area contributed by atoms with E-state index in [2.05, 4.69) is 6.58 Å². The van der Waals surface area contributed by atoms with Gasteiger partial charge in [-0.25, -0.2) is 8.42 Å². The van der Waals surface area contributed by atoms with Crippen molar-refractivity contribution >= 4 is 10.0 Å². The van der Waals surface area contributed by atoms with E-state index in [1.54, 1.807) is 4.31 Å². The molecule has 27 heavy (non-hydrogen) atoms. The van der Waals surface area contributed by atoms with E-state index in [4.69, 9.17) is 0 Å². The number of rotatable bonds is 3. The summed E-state index contributed by atoms with van der Waals surface area (Å²) in [5.74, 6) is 0.802. The van der Waals surface area contributed by atoms with Crippen LogP contribution in [0.4, 0.5) is 13.2 Å². The molecule has 0 N–H and O–H groups in total. The second-order valence-electron chi connectivity index (χ2n) is 7.74. The zero-order valence-electron chi connectivity index (χ0n) is 15.0. The van der Waals surface area contributed by atoms with Crippen molar-refractivity contribution in [3.63, 3.8) is 0 Å². The van der Waals surface area contributed by atoms with Crippen LogP contribution < -0.4 is 0 Å². The lowest BCUT2D eigenvalue weighted by Gasteiger charge is -2.38. The smallest absolute Gasteiger partial charge is 0.207 e. The SMILES string of the molecule is C=C1CC2CC(C3CC3)C(C1=CC)N2S(=O)(=O)c1ccc(C(F)(F)F)cc1. The molecule has 3 nitrogen and oxygen atoms in total. The summed E-state index contributed by atoms with van der Waals surface area (Å²) in [7, 11) is -3.88. The van der Waals surface area contributed by atoms with Crippen LogP contribution >= 0.6 is 0 Å². The van der Waals surface area contributed by atoms with Crippen molar-refractivity contribution in [2.24, 2.45) is 11.8 Å². The van der Waals surface area contributed by atoms with E-state index in [9.17, 15) is 21.6 Å². The van der Waals surface area contributed by atoms with Gasteiger partial charge in [-0.3, -0.25) is 0 Å². The molecule has 146 valence electrons. The molecule has 0 radical (unpaired) electrons. The predicted molar refractivity (Wildman–Crippen MR) is 96.4 cm³/mol. The van der Waals surface area contributed by atoms with E-state index >= 15 is 0 Å². The van der Waals surface area contributed by atoms with Gasteiger partial charge >= 0.3 is 6.18 Å². The summed E-state index contributed by atoms with van der Waals surface area (Å²) in [6.07, 6.45) is 1.07. The Bertz CT molecular complexity index is 898. The maximum absolute atomic E-state index is 13.4. The maximum atomic E-state index is 13.4. The van der Waals surface area contributed by atoms with Crippen molar-refractivity contribution in [3.05, 3.63) is 53.6 Å². The molecular weight excluding hydrogens is 375 g/mol. The molecule has 3 unspecified atom stereocenters. The molecule has 1 aliphatic carbocycles. The second-order valence-corrected chi connectivity index (χ2v) is 9.59. The van der Waals surface area contributed by atoms with Crippen LogP contribution in [-0.2, 0) is 16.2 Å². The van der Waals surface area contributed by atoms with Crippen molar-refractivity contribution in [3.8, 4) is 0 Å². The molecule has 1 aromatic carbocycles. The first-order valence-corrected chi connectivity index (χ1v) is 10.6. The molecule has 3 aliphatic rings. The molecule has 3 fully saturated rings. The number of benzene rings is 1. The predicted octanol–water partition coefficient (Wildman–Crippen LogP) is 4.77. The summed E-state index contributed by atoms with van der Waals surface area (Å²) in [6, 6.07) is 3.41. The molecule has 2 saturated heterocycles. The number of fused-ring (bicyclic) bond motifs is 2. The molecule has 0 amide bonds. The van der Waals surface area contributed by atoms with E-state index in [1.807, 2.05) is 13.0 Å². The Balaban J connectivity index is 1.73. The monoisotopic (exact) mass is 397 g/mol. The quantitative estimate of drug-likeness (QED) is 0.737. The first-order chi connectivity index (χ1) is 12.6. The molecule has 2 heterocycles. The van der Waals surface area contributed by atoms with Gasteiger partial charge in [0.2, 0.25) is 10.0 Å². The summed E-state index contributed by atoms with van der Waals surface area (Å²) in [5, 5.41) is 0. The number of halogens is 3. The summed E-state index contributed by atoms with van der Waals surface area (Å²) in [6.45, 7) is 6.03. The van der Waals surface area contributed by atoms with E-state index in [0.29, 0.717) is 12.3 Å². The minimum absolute atomic E-state index is 0.0788. The van der Waals surface area contributed by atoms with Gasteiger partial charge in [0.1, 0.15) is 0 Å². The maximum Gasteiger partial charge on any atom is 0.416 e. The van der Waals surface area contributed by atoms with Crippen molar-refractivity contribution in [1.29, 1.82) is 0 Å². The summed E-state index contributed by atoms with van der Waals surface area (Å²) >= 11 is 0. The average molecular weight is 397 g/mol. The first-order valence-electron chi connectivity index (χ1n) is 9.19. The third-order valence-corrected chi connectivity index (χ3v) is 8.04. The number of nitrogens with zero attached hydrogens (tertiary/aromatic N) is 1. The number of piperidine rings is 1. The summed E-state index contributed by atoms with van der Waals surface area (Å²) in [5.41, 5.74) is 1.10. The molecule has 0 aromatic heterocycles. The van der Waals surface area contributed by atoms with Crippen LogP contribution in [-0.4, -0.2) is 24.8 Å². The number of hydrogen-bond donors (Lipinski definition) is 0. The Kier molecular flexibility index (Phi) is 4.31. The molecular formula is C20H22F3NO2S. The molecule has 1 saturated carbocycles. The Morgan fingerprint density at radius 3 is 2.33 bits per heavy atom. The third kappa shape index (κ3) is 3.05. The van der Waals surface area contributed by atoms with E-state index < -0.39 is 21.8 Å². The molecule has 2 bridgehead atoms. The molecule has 0 spiro atoms. The van der Waals surface area contributed by atoms with Gasteiger partial charge in [-0.15, -0.1) is 0 Å². The summed E-state index contributed by atoms with van der Waals surface area (Å²) < 4.78 is 66.7. The van der Waals surface area contributed by atoms with Crippen LogP contribution in [0.2, 0.25) is 0 Å². The lowest BCUT2D eigenvalue weighted by atomic mass is 9.88. The van der Waals surface area contributed by atoms with Crippen molar-refractivity contribution in [1.82, 2.24) is 4.31 Å². The topological polar surface area (TPSA) is 37.4 Å². The number of alkyl halides is 3. The Labute approximate surface area is 157 Å². The second kappa shape index (κ2) is 6.21. The van der Waals surface area contributed by atoms with Crippen molar-refractivity contribution < 1.29 is 21.6 Å². The van der Waals surface area contributed by atoms with Gasteiger partial charge in [0, 0.05) is 6.04 Å². The highest BCUT2D eigenvalue weighted by Gasteiger charge is 2.55. The lowest BCUT2D eigenvalue weighted by molar-refractivity contribution is -0.137. The molecule has 1 aromatic rings. The minimum Gasteiger partial charge on any atom is -0.207 e. The van der Waals surface area contributed by atoms with Gasteiger partial charge in [0.05, 0.1) is 16.5 Å². The van der Waals surface area contributed by atoms with Crippen LogP contribution in [0.25, 0.3) is 0 Å². The van der Waals surface area contributed by atoms with E-state index in [1.165, 1.54) is 0 Å². The fourth-order valence-electron chi connectivity index (χ4n) is 4.75. The number of allylic oxidation sites excluding steroid dienone is 1. The molecule has 4 rings (SSSR count). The van der Waals surface area contributed by atoms with Gasteiger partial charge in [-0.05, 0) is 79.9 Å². The average Bonchev–Trinajstić information content (AvgIpc) is 3.39. The van der Waals surface area contributed by atoms with Gasteiger partial charge in [0.25, 0.3) is 0 Å². The van der Waals surface area contributed by atoms with Crippen LogP contribution in [0.5, 0.6) is 0 Å². The van der Waals surface area contributed by atoms with Crippen LogP contribution in [0, 0.1) is 11.8 Å². The van der Waals surface area contributed by atoms with Gasteiger partial charge in [-0.1, -0.05) is 12.7 Å². The van der Waals surface area contributed by atoms with Crippen LogP contribution in [0.3, 0.4) is 0 Å². The third-order valence-electron chi connectivity index (χ3n) is 6.09. The van der Waals surface area contributed by atoms with E-state index in [0.717, 1.165) is 54.7 Å². The van der Waals surface area contributed by atoms with Gasteiger partial charge < -0.3 is 0 Å².